The van der Waals surface area contributed by atoms with Gasteiger partial charge >= 0.3 is 0 Å². The number of nitrogens with zero attached hydrogens (tertiary/aromatic N) is 1. The molecule has 1 aromatic rings. The van der Waals surface area contributed by atoms with Crippen LogP contribution in [-0.2, 0) is 0 Å². The summed E-state index contributed by atoms with van der Waals surface area (Å²) in [7, 11) is 0. The molecular weight excluding hydrogens is 239 g/mol. The van der Waals surface area contributed by atoms with Crippen LogP contribution in [0.2, 0.25) is 5.02 Å². The molecule has 1 aliphatic rings. The van der Waals surface area contributed by atoms with E-state index in [0.29, 0.717) is 17.5 Å². The predicted octanol–water partition coefficient (Wildman–Crippen LogP) is 3.54. The topological polar surface area (TPSA) is 29.3 Å². The molecule has 0 amide bonds. The number of nitrogens with two attached hydrogens (primary N) is 1. The lowest BCUT2D eigenvalue weighted by atomic mass is 9.91. The first-order valence-corrected chi connectivity index (χ1v) is 6.34. The molecule has 1 saturated heterocycles. The third-order valence-electron chi connectivity index (χ3n) is 3.28. The lowest BCUT2D eigenvalue weighted by Crippen LogP contribution is -2.39. The quantitative estimate of drug-likeness (QED) is 0.779. The van der Waals surface area contributed by atoms with Gasteiger partial charge in [-0.15, -0.1) is 0 Å². The SMILES string of the molecule is CC1CC(C)CN(c2cc(F)c(Cl)cc2N)C1. The molecule has 0 spiro atoms. The first-order valence-electron chi connectivity index (χ1n) is 5.97. The fraction of sp³-hybridized carbons (Fsp3) is 0.538. The van der Waals surface area contributed by atoms with E-state index < -0.39 is 5.82 Å². The van der Waals surface area contributed by atoms with Crippen LogP contribution in [0.5, 0.6) is 0 Å². The lowest BCUT2D eigenvalue weighted by molar-refractivity contribution is 0.357. The van der Waals surface area contributed by atoms with E-state index >= 15 is 0 Å². The van der Waals surface area contributed by atoms with Crippen LogP contribution in [0.1, 0.15) is 20.3 Å². The van der Waals surface area contributed by atoms with Gasteiger partial charge in [-0.2, -0.15) is 0 Å². The van der Waals surface area contributed by atoms with Gasteiger partial charge < -0.3 is 10.6 Å². The van der Waals surface area contributed by atoms with Gasteiger partial charge in [-0.1, -0.05) is 25.4 Å². The second kappa shape index (κ2) is 4.73. The van der Waals surface area contributed by atoms with E-state index in [1.54, 1.807) is 0 Å². The van der Waals surface area contributed by atoms with Crippen LogP contribution in [0, 0.1) is 17.7 Å². The van der Waals surface area contributed by atoms with Gasteiger partial charge in [0, 0.05) is 19.2 Å². The fourth-order valence-corrected chi connectivity index (χ4v) is 2.86. The molecule has 0 aromatic heterocycles. The van der Waals surface area contributed by atoms with E-state index in [1.807, 2.05) is 0 Å². The molecule has 1 fully saturated rings. The lowest BCUT2D eigenvalue weighted by Gasteiger charge is -2.37. The van der Waals surface area contributed by atoms with Crippen molar-refractivity contribution in [3.8, 4) is 0 Å². The number of benzene rings is 1. The Kier molecular flexibility index (Phi) is 3.48. The van der Waals surface area contributed by atoms with Gasteiger partial charge in [-0.3, -0.25) is 0 Å². The molecule has 17 heavy (non-hydrogen) atoms. The largest absolute Gasteiger partial charge is 0.397 e. The van der Waals surface area contributed by atoms with Crippen LogP contribution in [0.3, 0.4) is 0 Å². The summed E-state index contributed by atoms with van der Waals surface area (Å²) in [6.07, 6.45) is 1.21. The van der Waals surface area contributed by atoms with Gasteiger partial charge in [-0.25, -0.2) is 4.39 Å². The number of anilines is 2. The summed E-state index contributed by atoms with van der Waals surface area (Å²) in [5, 5.41) is 0.0874. The van der Waals surface area contributed by atoms with Crippen molar-refractivity contribution >= 4 is 23.0 Å². The van der Waals surface area contributed by atoms with Crippen molar-refractivity contribution in [3.63, 3.8) is 0 Å². The molecule has 1 heterocycles. The van der Waals surface area contributed by atoms with Crippen LogP contribution in [0.4, 0.5) is 15.8 Å². The van der Waals surface area contributed by atoms with Crippen molar-refractivity contribution in [1.29, 1.82) is 0 Å². The van der Waals surface area contributed by atoms with E-state index in [9.17, 15) is 4.39 Å². The third kappa shape index (κ3) is 2.65. The number of hydrogen-bond acceptors (Lipinski definition) is 2. The third-order valence-corrected chi connectivity index (χ3v) is 3.57. The first-order chi connectivity index (χ1) is 7.97. The van der Waals surface area contributed by atoms with Crippen LogP contribution in [0.15, 0.2) is 12.1 Å². The molecule has 0 bridgehead atoms. The highest BCUT2D eigenvalue weighted by atomic mass is 35.5. The Hall–Kier alpha value is -0.960. The van der Waals surface area contributed by atoms with Crippen LogP contribution < -0.4 is 10.6 Å². The minimum Gasteiger partial charge on any atom is -0.397 e. The van der Waals surface area contributed by atoms with Crippen molar-refractivity contribution < 1.29 is 4.39 Å². The Morgan fingerprint density at radius 3 is 2.47 bits per heavy atom. The molecule has 0 aliphatic carbocycles. The summed E-state index contributed by atoms with van der Waals surface area (Å²) < 4.78 is 13.5. The van der Waals surface area contributed by atoms with Gasteiger partial charge in [-0.05, 0) is 24.3 Å². The van der Waals surface area contributed by atoms with E-state index in [-0.39, 0.29) is 5.02 Å². The van der Waals surface area contributed by atoms with Crippen molar-refractivity contribution in [2.24, 2.45) is 11.8 Å². The average molecular weight is 257 g/mol. The molecule has 2 rings (SSSR count). The average Bonchev–Trinajstić information content (AvgIpc) is 2.22. The van der Waals surface area contributed by atoms with E-state index in [4.69, 9.17) is 17.3 Å². The molecule has 94 valence electrons. The molecule has 2 nitrogen and oxygen atoms in total. The number of nitrogen functional groups attached to an aromatic ring is 1. The van der Waals surface area contributed by atoms with Crippen molar-refractivity contribution in [3.05, 3.63) is 23.0 Å². The summed E-state index contributed by atoms with van der Waals surface area (Å²) in [5.41, 5.74) is 7.24. The van der Waals surface area contributed by atoms with Crippen LogP contribution in [0.25, 0.3) is 0 Å². The Labute approximate surface area is 107 Å². The van der Waals surface area contributed by atoms with E-state index in [0.717, 1.165) is 18.8 Å². The summed E-state index contributed by atoms with van der Waals surface area (Å²) in [6.45, 7) is 6.28. The van der Waals surface area contributed by atoms with Gasteiger partial charge in [0.1, 0.15) is 5.82 Å². The van der Waals surface area contributed by atoms with Crippen molar-refractivity contribution in [1.82, 2.24) is 0 Å². The molecule has 2 N–H and O–H groups in total. The first kappa shape index (κ1) is 12.5. The Morgan fingerprint density at radius 2 is 1.88 bits per heavy atom. The summed E-state index contributed by atoms with van der Waals surface area (Å²) in [4.78, 5) is 2.16. The zero-order valence-electron chi connectivity index (χ0n) is 10.2. The minimum atomic E-state index is -0.401. The van der Waals surface area contributed by atoms with Crippen molar-refractivity contribution in [2.75, 3.05) is 23.7 Å². The summed E-state index contributed by atoms with van der Waals surface area (Å²) in [5.74, 6) is 0.815. The highest BCUT2D eigenvalue weighted by Crippen LogP contribution is 2.33. The van der Waals surface area contributed by atoms with E-state index in [2.05, 4.69) is 18.7 Å². The molecule has 1 aromatic carbocycles. The maximum atomic E-state index is 13.5. The summed E-state index contributed by atoms with van der Waals surface area (Å²) in [6, 6.07) is 2.94. The zero-order valence-corrected chi connectivity index (χ0v) is 11.0. The maximum absolute atomic E-state index is 13.5. The molecule has 0 saturated carbocycles. The molecule has 4 heteroatoms. The molecule has 1 aliphatic heterocycles. The van der Waals surface area contributed by atoms with Gasteiger partial charge in [0.25, 0.3) is 0 Å². The molecule has 2 unspecified atom stereocenters. The highest BCUT2D eigenvalue weighted by Gasteiger charge is 2.23. The van der Waals surface area contributed by atoms with E-state index in [1.165, 1.54) is 18.6 Å². The summed E-state index contributed by atoms with van der Waals surface area (Å²) >= 11 is 5.71. The number of halogens is 2. The second-order valence-electron chi connectivity index (χ2n) is 5.18. The zero-order chi connectivity index (χ0) is 12.6. The Morgan fingerprint density at radius 1 is 1.29 bits per heavy atom. The molecule has 0 radical (unpaired) electrons. The maximum Gasteiger partial charge on any atom is 0.144 e. The van der Waals surface area contributed by atoms with Gasteiger partial charge in [0.15, 0.2) is 0 Å². The Bertz CT molecular complexity index is 412. The smallest absolute Gasteiger partial charge is 0.144 e. The molecular formula is C13H18ClFN2. The number of piperidine rings is 1. The predicted molar refractivity (Wildman–Crippen MR) is 71.0 cm³/mol. The van der Waals surface area contributed by atoms with Gasteiger partial charge in [0.2, 0.25) is 0 Å². The fourth-order valence-electron chi connectivity index (χ4n) is 2.69. The standard InChI is InChI=1S/C13H18ClFN2/c1-8-3-9(2)7-17(6-8)13-5-11(15)10(14)4-12(13)16/h4-5,8-9H,3,6-7,16H2,1-2H3. The number of hydrogen-bond donors (Lipinski definition) is 1. The minimum absolute atomic E-state index is 0.0874. The monoisotopic (exact) mass is 256 g/mol. The second-order valence-corrected chi connectivity index (χ2v) is 5.58. The number of rotatable bonds is 1. The highest BCUT2D eigenvalue weighted by molar-refractivity contribution is 6.31. The molecule has 2 atom stereocenters. The Balaban J connectivity index is 2.30. The van der Waals surface area contributed by atoms with Crippen LogP contribution in [-0.4, -0.2) is 13.1 Å². The van der Waals surface area contributed by atoms with Gasteiger partial charge in [0.05, 0.1) is 16.4 Å². The van der Waals surface area contributed by atoms with Crippen molar-refractivity contribution in [2.45, 2.75) is 20.3 Å². The normalized spacial score (nSPS) is 25.1. The van der Waals surface area contributed by atoms with Crippen LogP contribution >= 0.6 is 11.6 Å².